The lowest BCUT2D eigenvalue weighted by atomic mass is 10.1. The normalized spacial score (nSPS) is 15.7. The van der Waals surface area contributed by atoms with E-state index in [2.05, 4.69) is 0 Å². The number of ether oxygens (including phenoxy) is 3. The van der Waals surface area contributed by atoms with Crippen molar-refractivity contribution in [3.05, 3.63) is 70.5 Å². The lowest BCUT2D eigenvalue weighted by Crippen LogP contribution is -2.41. The highest BCUT2D eigenvalue weighted by Crippen LogP contribution is 2.26. The van der Waals surface area contributed by atoms with Gasteiger partial charge in [0.2, 0.25) is 0 Å². The molecule has 0 spiro atoms. The minimum Gasteiger partial charge on any atom is -0.486 e. The summed E-state index contributed by atoms with van der Waals surface area (Å²) in [7, 11) is 0. The Balaban J connectivity index is 1.75. The molecule has 1 fully saturated rings. The topological polar surface area (TPSA) is 61.8 Å². The highest BCUT2D eigenvalue weighted by atomic mass is 19.1. The second kappa shape index (κ2) is 7.38. The summed E-state index contributed by atoms with van der Waals surface area (Å²) in [6.45, 7) is 2.57. The average Bonchev–Trinajstić information content (AvgIpc) is 2.55. The first kappa shape index (κ1) is 19.5. The van der Waals surface area contributed by atoms with Crippen molar-refractivity contribution >= 4 is 18.0 Å². The zero-order chi connectivity index (χ0) is 20.5. The summed E-state index contributed by atoms with van der Waals surface area (Å²) in [5.41, 5.74) is 0.0197. The molecule has 0 amide bonds. The maximum absolute atomic E-state index is 14.2. The van der Waals surface area contributed by atoms with Crippen LogP contribution in [0.5, 0.6) is 5.75 Å². The van der Waals surface area contributed by atoms with Gasteiger partial charge in [-0.2, -0.15) is 0 Å². The summed E-state index contributed by atoms with van der Waals surface area (Å²) >= 11 is 0. The van der Waals surface area contributed by atoms with Crippen LogP contribution in [0.25, 0.3) is 6.08 Å². The van der Waals surface area contributed by atoms with Crippen molar-refractivity contribution < 1.29 is 37.0 Å². The van der Waals surface area contributed by atoms with E-state index in [0.29, 0.717) is 0 Å². The molecule has 1 aliphatic heterocycles. The first-order valence-electron chi connectivity index (χ1n) is 8.19. The quantitative estimate of drug-likeness (QED) is 0.449. The Morgan fingerprint density at radius 3 is 2.14 bits per heavy atom. The van der Waals surface area contributed by atoms with Crippen LogP contribution in [0.15, 0.2) is 42.0 Å². The first-order valence-corrected chi connectivity index (χ1v) is 8.19. The molecule has 1 saturated heterocycles. The van der Waals surface area contributed by atoms with Crippen LogP contribution in [0.1, 0.15) is 25.0 Å². The van der Waals surface area contributed by atoms with E-state index in [4.69, 9.17) is 14.2 Å². The van der Waals surface area contributed by atoms with Crippen molar-refractivity contribution in [2.24, 2.45) is 0 Å². The Labute approximate surface area is 158 Å². The van der Waals surface area contributed by atoms with Crippen molar-refractivity contribution in [2.45, 2.75) is 26.2 Å². The van der Waals surface area contributed by atoms with E-state index in [1.54, 1.807) is 0 Å². The molecule has 8 heteroatoms. The van der Waals surface area contributed by atoms with Crippen LogP contribution < -0.4 is 4.74 Å². The first-order chi connectivity index (χ1) is 13.1. The van der Waals surface area contributed by atoms with Gasteiger partial charge in [-0.3, -0.25) is 0 Å². The van der Waals surface area contributed by atoms with Gasteiger partial charge >= 0.3 is 11.9 Å². The number of esters is 2. The van der Waals surface area contributed by atoms with E-state index in [1.165, 1.54) is 26.0 Å². The maximum Gasteiger partial charge on any atom is 0.348 e. The monoisotopic (exact) mass is 392 g/mol. The number of rotatable bonds is 4. The number of cyclic esters (lactones) is 2. The minimum absolute atomic E-state index is 0.165. The zero-order valence-corrected chi connectivity index (χ0v) is 14.9. The molecule has 3 rings (SSSR count). The maximum atomic E-state index is 14.2. The Morgan fingerprint density at radius 2 is 1.57 bits per heavy atom. The number of halogens is 3. The van der Waals surface area contributed by atoms with E-state index in [0.717, 1.165) is 30.3 Å². The smallest absolute Gasteiger partial charge is 0.348 e. The molecule has 0 radical (unpaired) electrons. The van der Waals surface area contributed by atoms with Gasteiger partial charge in [-0.1, -0.05) is 6.07 Å². The van der Waals surface area contributed by atoms with Crippen LogP contribution in [0.4, 0.5) is 13.2 Å². The molecule has 1 aliphatic rings. The molecular formula is C20H15F3O5. The molecular weight excluding hydrogens is 377 g/mol. The van der Waals surface area contributed by atoms with Crippen molar-refractivity contribution in [1.29, 1.82) is 0 Å². The fourth-order valence-electron chi connectivity index (χ4n) is 2.52. The summed E-state index contributed by atoms with van der Waals surface area (Å²) in [5, 5.41) is 0. The molecule has 2 aromatic rings. The van der Waals surface area contributed by atoms with Gasteiger partial charge in [0, 0.05) is 19.9 Å². The molecule has 0 aliphatic carbocycles. The third kappa shape index (κ3) is 4.51. The number of carbonyl (C=O) groups excluding carboxylic acids is 2. The zero-order valence-electron chi connectivity index (χ0n) is 14.9. The Hall–Kier alpha value is -3.29. The lowest BCUT2D eigenvalue weighted by Gasteiger charge is -2.29. The van der Waals surface area contributed by atoms with Gasteiger partial charge in [-0.05, 0) is 41.5 Å². The molecule has 0 aromatic heterocycles. The van der Waals surface area contributed by atoms with E-state index >= 15 is 0 Å². The third-order valence-electron chi connectivity index (χ3n) is 3.70. The fraction of sp³-hybridized carbons (Fsp3) is 0.200. The van der Waals surface area contributed by atoms with E-state index in [-0.39, 0.29) is 29.1 Å². The molecule has 0 N–H and O–H groups in total. The largest absolute Gasteiger partial charge is 0.486 e. The molecule has 0 unspecified atom stereocenters. The molecule has 1 heterocycles. The van der Waals surface area contributed by atoms with Crippen LogP contribution >= 0.6 is 0 Å². The molecule has 28 heavy (non-hydrogen) atoms. The molecule has 146 valence electrons. The van der Waals surface area contributed by atoms with E-state index in [1.807, 2.05) is 0 Å². The van der Waals surface area contributed by atoms with Gasteiger partial charge in [0.1, 0.15) is 23.8 Å². The third-order valence-corrected chi connectivity index (χ3v) is 3.70. The number of benzene rings is 2. The predicted octanol–water partition coefficient (Wildman–Crippen LogP) is 3.90. The number of hydrogen-bond acceptors (Lipinski definition) is 5. The molecule has 2 aromatic carbocycles. The second-order valence-corrected chi connectivity index (χ2v) is 6.49. The van der Waals surface area contributed by atoms with Gasteiger partial charge in [0.05, 0.1) is 0 Å². The summed E-state index contributed by atoms with van der Waals surface area (Å²) in [4.78, 5) is 23.8. The molecule has 0 bridgehead atoms. The Bertz CT molecular complexity index is 940. The summed E-state index contributed by atoms with van der Waals surface area (Å²) < 4.78 is 55.7. The summed E-state index contributed by atoms with van der Waals surface area (Å²) in [6, 6.07) is 6.56. The summed E-state index contributed by atoms with van der Waals surface area (Å²) in [6.07, 6.45) is 1.13. The van der Waals surface area contributed by atoms with Gasteiger partial charge in [0.25, 0.3) is 5.79 Å². The van der Waals surface area contributed by atoms with Crippen LogP contribution in [-0.4, -0.2) is 17.7 Å². The van der Waals surface area contributed by atoms with Crippen molar-refractivity contribution in [1.82, 2.24) is 0 Å². The summed E-state index contributed by atoms with van der Waals surface area (Å²) in [5.74, 6) is -5.62. The van der Waals surface area contributed by atoms with E-state index < -0.39 is 35.2 Å². The average molecular weight is 392 g/mol. The predicted molar refractivity (Wildman–Crippen MR) is 91.3 cm³/mol. The highest BCUT2D eigenvalue weighted by molar-refractivity contribution is 6.18. The standard InChI is InChI=1S/C20H15F3O5/c1-20(2)27-18(24)15(19(25)28-20)7-11-3-4-17(16(23)8-11)26-10-12-5-13(21)9-14(22)6-12/h3-9H,10H2,1-2H3. The number of carbonyl (C=O) groups is 2. The van der Waals surface area contributed by atoms with Gasteiger partial charge in [-0.15, -0.1) is 0 Å². The van der Waals surface area contributed by atoms with E-state index in [9.17, 15) is 22.8 Å². The van der Waals surface area contributed by atoms with Gasteiger partial charge in [0.15, 0.2) is 11.6 Å². The lowest BCUT2D eigenvalue weighted by molar-refractivity contribution is -0.222. The fourth-order valence-corrected chi connectivity index (χ4v) is 2.52. The van der Waals surface area contributed by atoms with Crippen molar-refractivity contribution in [2.75, 3.05) is 0 Å². The Morgan fingerprint density at radius 1 is 0.964 bits per heavy atom. The van der Waals surface area contributed by atoms with Crippen molar-refractivity contribution in [3.63, 3.8) is 0 Å². The highest BCUT2D eigenvalue weighted by Gasteiger charge is 2.38. The van der Waals surface area contributed by atoms with Crippen LogP contribution in [0, 0.1) is 17.5 Å². The van der Waals surface area contributed by atoms with Crippen LogP contribution in [-0.2, 0) is 25.7 Å². The van der Waals surface area contributed by atoms with Crippen LogP contribution in [0.3, 0.4) is 0 Å². The second-order valence-electron chi connectivity index (χ2n) is 6.49. The number of hydrogen-bond donors (Lipinski definition) is 0. The van der Waals surface area contributed by atoms with Crippen LogP contribution in [0.2, 0.25) is 0 Å². The Kier molecular flexibility index (Phi) is 5.13. The molecule has 5 nitrogen and oxygen atoms in total. The van der Waals surface area contributed by atoms with Gasteiger partial charge < -0.3 is 14.2 Å². The molecule has 0 saturated carbocycles. The van der Waals surface area contributed by atoms with Gasteiger partial charge in [-0.25, -0.2) is 22.8 Å². The SMILES string of the molecule is CC1(C)OC(=O)C(=Cc2ccc(OCc3cc(F)cc(F)c3)c(F)c2)C(=O)O1. The molecule has 0 atom stereocenters. The minimum atomic E-state index is -1.37. The van der Waals surface area contributed by atoms with Crippen molar-refractivity contribution in [3.8, 4) is 5.75 Å².